The fourth-order valence-electron chi connectivity index (χ4n) is 1.15. The van der Waals surface area contributed by atoms with Crippen molar-refractivity contribution in [3.63, 3.8) is 0 Å². The van der Waals surface area contributed by atoms with Crippen LogP contribution in [0.4, 0.5) is 0 Å². The normalized spacial score (nSPS) is 11.8. The average Bonchev–Trinajstić information content (AvgIpc) is 2.18. The van der Waals surface area contributed by atoms with E-state index in [0.29, 0.717) is 0 Å². The van der Waals surface area contributed by atoms with Crippen molar-refractivity contribution in [3.8, 4) is 0 Å². The van der Waals surface area contributed by atoms with Gasteiger partial charge < -0.3 is 5.32 Å². The Balaban J connectivity index is 3.46. The molecule has 0 aliphatic heterocycles. The molecule has 0 bridgehead atoms. The second kappa shape index (κ2) is 10.9. The minimum atomic E-state index is 0.879. The van der Waals surface area contributed by atoms with Crippen LogP contribution in [0.1, 0.15) is 46.5 Å². The van der Waals surface area contributed by atoms with Crippen LogP contribution in [0.15, 0.2) is 4.99 Å². The highest BCUT2D eigenvalue weighted by Crippen LogP contribution is 2.08. The number of amidine groups is 1. The third kappa shape index (κ3) is 8.42. The standard InChI is InChI=1S/C11H24N2S/c1-4-7-8-9-10-14-11(12-5-2)13-6-3/h4-10H2,1-3H3,(H,12,13). The van der Waals surface area contributed by atoms with Crippen LogP contribution in [0.3, 0.4) is 0 Å². The monoisotopic (exact) mass is 216 g/mol. The summed E-state index contributed by atoms with van der Waals surface area (Å²) in [6, 6.07) is 0. The van der Waals surface area contributed by atoms with E-state index in [4.69, 9.17) is 0 Å². The molecule has 0 aliphatic rings. The van der Waals surface area contributed by atoms with Crippen LogP contribution in [-0.4, -0.2) is 24.0 Å². The van der Waals surface area contributed by atoms with Crippen LogP contribution in [0.25, 0.3) is 0 Å². The summed E-state index contributed by atoms with van der Waals surface area (Å²) in [6.07, 6.45) is 5.34. The highest BCUT2D eigenvalue weighted by Gasteiger charge is 1.97. The fourth-order valence-corrected chi connectivity index (χ4v) is 2.15. The first-order chi connectivity index (χ1) is 6.85. The molecule has 0 saturated carbocycles. The van der Waals surface area contributed by atoms with Gasteiger partial charge in [0.15, 0.2) is 5.17 Å². The Bertz CT molecular complexity index is 146. The topological polar surface area (TPSA) is 24.4 Å². The molecule has 14 heavy (non-hydrogen) atoms. The van der Waals surface area contributed by atoms with Crippen LogP contribution >= 0.6 is 11.8 Å². The second-order valence-corrected chi connectivity index (χ2v) is 4.30. The van der Waals surface area contributed by atoms with Crippen molar-refractivity contribution in [2.45, 2.75) is 46.5 Å². The number of hydrogen-bond donors (Lipinski definition) is 1. The lowest BCUT2D eigenvalue weighted by Gasteiger charge is -2.06. The van der Waals surface area contributed by atoms with Gasteiger partial charge in [0.05, 0.1) is 0 Å². The zero-order valence-corrected chi connectivity index (χ0v) is 10.6. The zero-order valence-electron chi connectivity index (χ0n) is 9.81. The average molecular weight is 216 g/mol. The van der Waals surface area contributed by atoms with Crippen molar-refractivity contribution in [2.24, 2.45) is 4.99 Å². The van der Waals surface area contributed by atoms with Gasteiger partial charge in [-0.3, -0.25) is 4.99 Å². The van der Waals surface area contributed by atoms with Crippen molar-refractivity contribution in [1.82, 2.24) is 5.32 Å². The summed E-state index contributed by atoms with van der Waals surface area (Å²) < 4.78 is 0. The number of unbranched alkanes of at least 4 members (excludes halogenated alkanes) is 3. The van der Waals surface area contributed by atoms with E-state index < -0.39 is 0 Å². The van der Waals surface area contributed by atoms with Crippen molar-refractivity contribution < 1.29 is 0 Å². The Morgan fingerprint density at radius 3 is 2.50 bits per heavy atom. The van der Waals surface area contributed by atoms with Crippen molar-refractivity contribution in [1.29, 1.82) is 0 Å². The molecule has 0 amide bonds. The van der Waals surface area contributed by atoms with E-state index >= 15 is 0 Å². The molecule has 84 valence electrons. The number of hydrogen-bond acceptors (Lipinski definition) is 2. The number of rotatable bonds is 7. The van der Waals surface area contributed by atoms with Crippen LogP contribution < -0.4 is 5.32 Å². The number of thioether (sulfide) groups is 1. The second-order valence-electron chi connectivity index (χ2n) is 3.22. The van der Waals surface area contributed by atoms with Crippen LogP contribution in [0.2, 0.25) is 0 Å². The Labute approximate surface area is 93.0 Å². The van der Waals surface area contributed by atoms with Gasteiger partial charge in [-0.1, -0.05) is 37.9 Å². The predicted molar refractivity (Wildman–Crippen MR) is 68.3 cm³/mol. The van der Waals surface area contributed by atoms with Gasteiger partial charge in [-0.25, -0.2) is 0 Å². The van der Waals surface area contributed by atoms with E-state index in [9.17, 15) is 0 Å². The molecule has 0 heterocycles. The molecule has 0 unspecified atom stereocenters. The van der Waals surface area contributed by atoms with E-state index in [2.05, 4.69) is 31.1 Å². The summed E-state index contributed by atoms with van der Waals surface area (Å²) >= 11 is 1.86. The van der Waals surface area contributed by atoms with E-state index in [1.807, 2.05) is 11.8 Å². The fraction of sp³-hybridized carbons (Fsp3) is 0.909. The Morgan fingerprint density at radius 1 is 1.14 bits per heavy atom. The summed E-state index contributed by atoms with van der Waals surface area (Å²) in [6.45, 7) is 8.29. The minimum absolute atomic E-state index is 0.879. The quantitative estimate of drug-likeness (QED) is 0.401. The first-order valence-electron chi connectivity index (χ1n) is 5.76. The first-order valence-corrected chi connectivity index (χ1v) is 6.74. The zero-order chi connectivity index (χ0) is 10.6. The predicted octanol–water partition coefficient (Wildman–Crippen LogP) is 3.29. The van der Waals surface area contributed by atoms with Crippen LogP contribution in [0, 0.1) is 0 Å². The molecule has 1 N–H and O–H groups in total. The van der Waals surface area contributed by atoms with Crippen LogP contribution in [-0.2, 0) is 0 Å². The highest BCUT2D eigenvalue weighted by atomic mass is 32.2. The van der Waals surface area contributed by atoms with E-state index in [1.54, 1.807) is 0 Å². The lowest BCUT2D eigenvalue weighted by atomic mass is 10.2. The van der Waals surface area contributed by atoms with E-state index in [-0.39, 0.29) is 0 Å². The molecule has 0 atom stereocenters. The lowest BCUT2D eigenvalue weighted by molar-refractivity contribution is 0.707. The van der Waals surface area contributed by atoms with Gasteiger partial charge in [-0.2, -0.15) is 0 Å². The molecule has 0 rings (SSSR count). The number of nitrogens with zero attached hydrogens (tertiary/aromatic N) is 1. The molecule has 0 saturated heterocycles. The van der Waals surface area contributed by atoms with Crippen molar-refractivity contribution >= 4 is 16.9 Å². The van der Waals surface area contributed by atoms with E-state index in [1.165, 1.54) is 31.4 Å². The summed E-state index contributed by atoms with van der Waals surface area (Å²) in [4.78, 5) is 4.40. The van der Waals surface area contributed by atoms with Gasteiger partial charge in [0.1, 0.15) is 0 Å². The number of nitrogens with one attached hydrogen (secondary N) is 1. The molecule has 0 radical (unpaired) electrons. The molecule has 0 fully saturated rings. The Hall–Kier alpha value is -0.180. The molecule has 0 aromatic carbocycles. The largest absolute Gasteiger partial charge is 0.365 e. The van der Waals surface area contributed by atoms with Gasteiger partial charge in [0, 0.05) is 18.8 Å². The molecular formula is C11H24N2S. The van der Waals surface area contributed by atoms with E-state index in [0.717, 1.165) is 18.3 Å². The molecule has 3 heteroatoms. The smallest absolute Gasteiger partial charge is 0.156 e. The maximum atomic E-state index is 4.40. The maximum Gasteiger partial charge on any atom is 0.156 e. The summed E-state index contributed by atoms with van der Waals surface area (Å²) in [5.74, 6) is 1.20. The van der Waals surface area contributed by atoms with Gasteiger partial charge in [-0.15, -0.1) is 0 Å². The van der Waals surface area contributed by atoms with Gasteiger partial charge in [0.2, 0.25) is 0 Å². The maximum absolute atomic E-state index is 4.40. The number of aliphatic imine (C=N–C) groups is 1. The Kier molecular flexibility index (Phi) is 10.8. The highest BCUT2D eigenvalue weighted by molar-refractivity contribution is 8.13. The SMILES string of the molecule is CCCCCCSC(=NCC)NCC. The van der Waals surface area contributed by atoms with Gasteiger partial charge >= 0.3 is 0 Å². The molecule has 0 aromatic rings. The van der Waals surface area contributed by atoms with Crippen LogP contribution in [0.5, 0.6) is 0 Å². The minimum Gasteiger partial charge on any atom is -0.365 e. The molecule has 0 aliphatic carbocycles. The third-order valence-electron chi connectivity index (χ3n) is 1.87. The molecule has 2 nitrogen and oxygen atoms in total. The molecule has 0 spiro atoms. The summed E-state index contributed by atoms with van der Waals surface area (Å²) in [5.41, 5.74) is 0. The summed E-state index contributed by atoms with van der Waals surface area (Å²) in [5, 5.41) is 4.40. The van der Waals surface area contributed by atoms with Gasteiger partial charge in [0.25, 0.3) is 0 Å². The third-order valence-corrected chi connectivity index (χ3v) is 2.91. The first kappa shape index (κ1) is 13.8. The lowest BCUT2D eigenvalue weighted by Crippen LogP contribution is -2.20. The van der Waals surface area contributed by atoms with Gasteiger partial charge in [-0.05, 0) is 20.3 Å². The van der Waals surface area contributed by atoms with Crippen molar-refractivity contribution in [2.75, 3.05) is 18.8 Å². The molecular weight excluding hydrogens is 192 g/mol. The molecule has 0 aromatic heterocycles. The Morgan fingerprint density at radius 2 is 1.93 bits per heavy atom. The summed E-state index contributed by atoms with van der Waals surface area (Å²) in [7, 11) is 0. The van der Waals surface area contributed by atoms with Crippen molar-refractivity contribution in [3.05, 3.63) is 0 Å².